The van der Waals surface area contributed by atoms with Gasteiger partial charge in [-0.05, 0) is 49.1 Å². The lowest BCUT2D eigenvalue weighted by atomic mass is 10.1. The number of benzene rings is 1. The van der Waals surface area contributed by atoms with Crippen molar-refractivity contribution in [3.63, 3.8) is 0 Å². The molecule has 3 rings (SSSR count). The Bertz CT molecular complexity index is 731. The van der Waals surface area contributed by atoms with E-state index in [2.05, 4.69) is 46.9 Å². The molecule has 1 amide bonds. The van der Waals surface area contributed by atoms with E-state index in [1.165, 1.54) is 24.1 Å². The predicted molar refractivity (Wildman–Crippen MR) is 109 cm³/mol. The van der Waals surface area contributed by atoms with Crippen LogP contribution in [0, 0.1) is 5.92 Å². The molecule has 0 atom stereocenters. The number of nitrogens with zero attached hydrogens (tertiary/aromatic N) is 2. The number of hydrogen-bond donors (Lipinski definition) is 0. The number of aromatic nitrogens is 1. The van der Waals surface area contributed by atoms with Gasteiger partial charge in [0.25, 0.3) is 0 Å². The minimum absolute atomic E-state index is 0.239. The van der Waals surface area contributed by atoms with E-state index in [0.717, 1.165) is 44.5 Å². The number of amides is 1. The lowest BCUT2D eigenvalue weighted by molar-refractivity contribution is -0.136. The molecule has 0 bridgehead atoms. The van der Waals surface area contributed by atoms with E-state index >= 15 is 0 Å². The minimum atomic E-state index is 0.239. The number of methoxy groups -OCH3 is 1. The summed E-state index contributed by atoms with van der Waals surface area (Å²) in [5.74, 6) is 1.47. The third-order valence-corrected chi connectivity index (χ3v) is 5.56. The second-order valence-electron chi connectivity index (χ2n) is 7.57. The number of hydrogen-bond acceptors (Lipinski definition) is 2. The Balaban J connectivity index is 1.72. The van der Waals surface area contributed by atoms with E-state index < -0.39 is 0 Å². The van der Waals surface area contributed by atoms with E-state index in [4.69, 9.17) is 4.74 Å². The van der Waals surface area contributed by atoms with E-state index in [9.17, 15) is 4.79 Å². The van der Waals surface area contributed by atoms with Crippen molar-refractivity contribution in [2.75, 3.05) is 13.7 Å². The quantitative estimate of drug-likeness (QED) is 0.633. The Kier molecular flexibility index (Phi) is 6.97. The van der Waals surface area contributed by atoms with Crippen molar-refractivity contribution in [1.29, 1.82) is 0 Å². The molecule has 4 nitrogen and oxygen atoms in total. The van der Waals surface area contributed by atoms with Crippen molar-refractivity contribution in [3.8, 4) is 5.75 Å². The van der Waals surface area contributed by atoms with Gasteiger partial charge in [-0.2, -0.15) is 0 Å². The van der Waals surface area contributed by atoms with E-state index in [-0.39, 0.29) is 5.92 Å². The summed E-state index contributed by atoms with van der Waals surface area (Å²) < 4.78 is 7.59. The molecule has 1 heterocycles. The van der Waals surface area contributed by atoms with Gasteiger partial charge in [-0.25, -0.2) is 0 Å². The van der Waals surface area contributed by atoms with Crippen LogP contribution in [0.1, 0.15) is 56.7 Å². The molecule has 0 aliphatic heterocycles. The zero-order valence-corrected chi connectivity index (χ0v) is 16.7. The molecule has 1 aliphatic rings. The summed E-state index contributed by atoms with van der Waals surface area (Å²) >= 11 is 0. The Hall–Kier alpha value is -2.23. The maximum atomic E-state index is 13.0. The molecule has 1 saturated carbocycles. The maximum absolute atomic E-state index is 13.0. The molecule has 4 heteroatoms. The number of rotatable bonds is 9. The highest BCUT2D eigenvalue weighted by atomic mass is 16.5. The van der Waals surface area contributed by atoms with Crippen molar-refractivity contribution in [1.82, 2.24) is 9.47 Å². The largest absolute Gasteiger partial charge is 0.497 e. The number of ether oxygens (including phenoxy) is 1. The summed E-state index contributed by atoms with van der Waals surface area (Å²) in [6, 6.07) is 12.4. The number of carbonyl (C=O) groups excluding carboxylic acids is 1. The lowest BCUT2D eigenvalue weighted by Gasteiger charge is -2.26. The van der Waals surface area contributed by atoms with Gasteiger partial charge in [0.1, 0.15) is 5.75 Å². The third-order valence-electron chi connectivity index (χ3n) is 5.56. The van der Waals surface area contributed by atoms with Crippen molar-refractivity contribution in [3.05, 3.63) is 53.9 Å². The van der Waals surface area contributed by atoms with Gasteiger partial charge in [-0.15, -0.1) is 0 Å². The van der Waals surface area contributed by atoms with Gasteiger partial charge in [0.15, 0.2) is 0 Å². The molecule has 27 heavy (non-hydrogen) atoms. The zero-order chi connectivity index (χ0) is 19.1. The highest BCUT2D eigenvalue weighted by Crippen LogP contribution is 2.27. The van der Waals surface area contributed by atoms with Crippen molar-refractivity contribution in [2.24, 2.45) is 5.92 Å². The first kappa shape index (κ1) is 19.5. The molecule has 0 radical (unpaired) electrons. The third kappa shape index (κ3) is 5.15. The summed E-state index contributed by atoms with van der Waals surface area (Å²) in [5.41, 5.74) is 2.40. The lowest BCUT2D eigenvalue weighted by Crippen LogP contribution is -2.36. The molecule has 0 spiro atoms. The fourth-order valence-electron chi connectivity index (χ4n) is 3.96. The van der Waals surface area contributed by atoms with Gasteiger partial charge in [-0.1, -0.05) is 38.3 Å². The predicted octanol–water partition coefficient (Wildman–Crippen LogP) is 4.86. The fourth-order valence-corrected chi connectivity index (χ4v) is 3.96. The van der Waals surface area contributed by atoms with Crippen molar-refractivity contribution in [2.45, 2.75) is 58.5 Å². The van der Waals surface area contributed by atoms with Crippen LogP contribution in [0.4, 0.5) is 0 Å². The van der Waals surface area contributed by atoms with Gasteiger partial charge < -0.3 is 14.2 Å². The first-order chi connectivity index (χ1) is 13.2. The SMILES string of the molecule is CCCCN(Cc1cccn1Cc1cccc(OC)c1)C(=O)C1CCCC1. The smallest absolute Gasteiger partial charge is 0.226 e. The normalized spacial score (nSPS) is 14.4. The Labute approximate surface area is 163 Å². The van der Waals surface area contributed by atoms with Crippen LogP contribution in [0.2, 0.25) is 0 Å². The van der Waals surface area contributed by atoms with Crippen LogP contribution < -0.4 is 4.74 Å². The van der Waals surface area contributed by atoms with Gasteiger partial charge in [-0.3, -0.25) is 4.79 Å². The Morgan fingerprint density at radius 2 is 2.04 bits per heavy atom. The second kappa shape index (κ2) is 9.63. The van der Waals surface area contributed by atoms with Crippen LogP contribution in [0.25, 0.3) is 0 Å². The van der Waals surface area contributed by atoms with Crippen LogP contribution in [0.5, 0.6) is 5.75 Å². The monoisotopic (exact) mass is 368 g/mol. The molecular formula is C23H32N2O2. The molecule has 1 fully saturated rings. The van der Waals surface area contributed by atoms with Gasteiger partial charge in [0, 0.05) is 30.9 Å². The highest BCUT2D eigenvalue weighted by molar-refractivity contribution is 5.79. The molecule has 146 valence electrons. The van der Waals surface area contributed by atoms with Crippen LogP contribution in [0.15, 0.2) is 42.6 Å². The van der Waals surface area contributed by atoms with Crippen LogP contribution in [-0.4, -0.2) is 29.0 Å². The summed E-state index contributed by atoms with van der Waals surface area (Å²) in [6.07, 6.45) is 8.80. The molecule has 0 saturated heterocycles. The summed E-state index contributed by atoms with van der Waals surface area (Å²) in [7, 11) is 1.69. The van der Waals surface area contributed by atoms with E-state index in [0.29, 0.717) is 12.5 Å². The van der Waals surface area contributed by atoms with Crippen LogP contribution >= 0.6 is 0 Å². The molecule has 0 N–H and O–H groups in total. The van der Waals surface area contributed by atoms with Crippen LogP contribution in [-0.2, 0) is 17.9 Å². The highest BCUT2D eigenvalue weighted by Gasteiger charge is 2.27. The molecule has 1 aliphatic carbocycles. The van der Waals surface area contributed by atoms with E-state index in [1.54, 1.807) is 7.11 Å². The topological polar surface area (TPSA) is 34.5 Å². The average Bonchev–Trinajstić information content (AvgIpc) is 3.37. The summed E-state index contributed by atoms with van der Waals surface area (Å²) in [5, 5.41) is 0. The second-order valence-corrected chi connectivity index (χ2v) is 7.57. The number of unbranched alkanes of at least 4 members (excludes halogenated alkanes) is 1. The fraction of sp³-hybridized carbons (Fsp3) is 0.522. The number of carbonyl (C=O) groups is 1. The molecule has 0 unspecified atom stereocenters. The maximum Gasteiger partial charge on any atom is 0.226 e. The van der Waals surface area contributed by atoms with E-state index in [1.807, 2.05) is 12.1 Å². The summed E-state index contributed by atoms with van der Waals surface area (Å²) in [4.78, 5) is 15.1. The van der Waals surface area contributed by atoms with Gasteiger partial charge >= 0.3 is 0 Å². The van der Waals surface area contributed by atoms with Crippen LogP contribution in [0.3, 0.4) is 0 Å². The first-order valence-corrected chi connectivity index (χ1v) is 10.3. The van der Waals surface area contributed by atoms with Crippen molar-refractivity contribution >= 4 is 5.91 Å². The van der Waals surface area contributed by atoms with Gasteiger partial charge in [0.05, 0.1) is 13.7 Å². The van der Waals surface area contributed by atoms with Crippen molar-refractivity contribution < 1.29 is 9.53 Å². The summed E-state index contributed by atoms with van der Waals surface area (Å²) in [6.45, 7) is 4.53. The molecular weight excluding hydrogens is 336 g/mol. The molecule has 1 aromatic heterocycles. The minimum Gasteiger partial charge on any atom is -0.497 e. The first-order valence-electron chi connectivity index (χ1n) is 10.3. The Morgan fingerprint density at radius 1 is 1.22 bits per heavy atom. The average molecular weight is 369 g/mol. The standard InChI is InChI=1S/C23H32N2O2/c1-3-4-14-25(23(26)20-10-5-6-11-20)18-21-12-8-15-24(21)17-19-9-7-13-22(16-19)27-2/h7-9,12-13,15-16,20H,3-6,10-11,14,17-18H2,1-2H3. The Morgan fingerprint density at radius 3 is 2.78 bits per heavy atom. The van der Waals surface area contributed by atoms with Gasteiger partial charge in [0.2, 0.25) is 5.91 Å². The zero-order valence-electron chi connectivity index (χ0n) is 16.7. The molecule has 2 aromatic rings. The molecule has 1 aromatic carbocycles.